The quantitative estimate of drug-likeness (QED) is 0.778. The molecule has 1 aliphatic rings. The van der Waals surface area contributed by atoms with E-state index in [-0.39, 0.29) is 5.92 Å². The molecule has 114 valence electrons. The van der Waals surface area contributed by atoms with Crippen LogP contribution in [-0.4, -0.2) is 44.1 Å². The van der Waals surface area contributed by atoms with E-state index in [0.717, 1.165) is 18.5 Å². The van der Waals surface area contributed by atoms with Gasteiger partial charge in [-0.25, -0.2) is 8.42 Å². The minimum absolute atomic E-state index is 0.278. The van der Waals surface area contributed by atoms with E-state index < -0.39 is 10.0 Å². The van der Waals surface area contributed by atoms with Crippen molar-refractivity contribution in [1.82, 2.24) is 8.87 Å². The van der Waals surface area contributed by atoms with Gasteiger partial charge in [-0.15, -0.1) is 11.6 Å². The summed E-state index contributed by atoms with van der Waals surface area (Å²) in [5, 5.41) is 0. The molecular weight excluding hydrogens is 300 g/mol. The van der Waals surface area contributed by atoms with Crippen LogP contribution in [0.4, 0.5) is 0 Å². The van der Waals surface area contributed by atoms with Crippen molar-refractivity contribution in [2.75, 3.05) is 26.8 Å². The second-order valence-electron chi connectivity index (χ2n) is 5.24. The molecule has 1 fully saturated rings. The summed E-state index contributed by atoms with van der Waals surface area (Å²) in [4.78, 5) is 0.328. The number of hydrogen-bond donors (Lipinski definition) is 0. The SMILES string of the molecule is COCC1CCCN(S(=O)(=O)c2cc(CCl)n(C)c2)C1. The zero-order valence-electron chi connectivity index (χ0n) is 11.9. The number of nitrogens with zero attached hydrogens (tertiary/aromatic N) is 2. The summed E-state index contributed by atoms with van der Waals surface area (Å²) >= 11 is 5.80. The van der Waals surface area contributed by atoms with Gasteiger partial charge in [-0.2, -0.15) is 4.31 Å². The molecule has 1 atom stereocenters. The van der Waals surface area contributed by atoms with Crippen molar-refractivity contribution in [1.29, 1.82) is 0 Å². The predicted octanol–water partition coefficient (Wildman–Crippen LogP) is 1.81. The summed E-state index contributed by atoms with van der Waals surface area (Å²) in [5.41, 5.74) is 0.802. The van der Waals surface area contributed by atoms with Gasteiger partial charge in [0.15, 0.2) is 0 Å². The molecule has 0 spiro atoms. The Morgan fingerprint density at radius 2 is 2.25 bits per heavy atom. The van der Waals surface area contributed by atoms with Gasteiger partial charge in [0, 0.05) is 39.1 Å². The molecule has 1 aliphatic heterocycles. The molecule has 0 bridgehead atoms. The molecule has 1 unspecified atom stereocenters. The number of methoxy groups -OCH3 is 1. The highest BCUT2D eigenvalue weighted by Gasteiger charge is 2.31. The zero-order valence-corrected chi connectivity index (χ0v) is 13.5. The van der Waals surface area contributed by atoms with Crippen LogP contribution < -0.4 is 0 Å². The second-order valence-corrected chi connectivity index (χ2v) is 7.44. The molecule has 7 heteroatoms. The maximum atomic E-state index is 12.6. The minimum Gasteiger partial charge on any atom is -0.384 e. The Morgan fingerprint density at radius 3 is 2.85 bits per heavy atom. The van der Waals surface area contributed by atoms with Gasteiger partial charge in [-0.3, -0.25) is 0 Å². The summed E-state index contributed by atoms with van der Waals surface area (Å²) in [7, 11) is 0.0297. The second kappa shape index (κ2) is 6.47. The Labute approximate surface area is 125 Å². The van der Waals surface area contributed by atoms with Crippen LogP contribution in [0.1, 0.15) is 18.5 Å². The van der Waals surface area contributed by atoms with Gasteiger partial charge in [0.25, 0.3) is 0 Å². The van der Waals surface area contributed by atoms with Crippen molar-refractivity contribution in [2.45, 2.75) is 23.6 Å². The molecular formula is C13H21ClN2O3S. The first kappa shape index (κ1) is 15.8. The molecule has 0 radical (unpaired) electrons. The molecule has 1 aromatic rings. The normalized spacial score (nSPS) is 21.2. The fourth-order valence-corrected chi connectivity index (χ4v) is 4.53. The fourth-order valence-electron chi connectivity index (χ4n) is 2.62. The van der Waals surface area contributed by atoms with E-state index in [0.29, 0.717) is 30.5 Å². The highest BCUT2D eigenvalue weighted by atomic mass is 35.5. The van der Waals surface area contributed by atoms with E-state index in [9.17, 15) is 8.42 Å². The third-order valence-electron chi connectivity index (χ3n) is 3.74. The van der Waals surface area contributed by atoms with Crippen LogP contribution in [0.25, 0.3) is 0 Å². The minimum atomic E-state index is -3.43. The number of aryl methyl sites for hydroxylation is 1. The Balaban J connectivity index is 2.20. The lowest BCUT2D eigenvalue weighted by atomic mass is 10.0. The van der Waals surface area contributed by atoms with Crippen molar-refractivity contribution >= 4 is 21.6 Å². The molecule has 1 aromatic heterocycles. The molecule has 0 N–H and O–H groups in total. The number of piperidine rings is 1. The smallest absolute Gasteiger partial charge is 0.244 e. The summed E-state index contributed by atoms with van der Waals surface area (Å²) in [6, 6.07) is 1.66. The average molecular weight is 321 g/mol. The first-order valence-electron chi connectivity index (χ1n) is 6.69. The number of sulfonamides is 1. The van der Waals surface area contributed by atoms with E-state index in [1.54, 1.807) is 35.3 Å². The summed E-state index contributed by atoms with van der Waals surface area (Å²) in [6.07, 6.45) is 3.52. The predicted molar refractivity (Wildman–Crippen MR) is 78.3 cm³/mol. The highest BCUT2D eigenvalue weighted by molar-refractivity contribution is 7.89. The third kappa shape index (κ3) is 3.19. The molecule has 2 heterocycles. The van der Waals surface area contributed by atoms with Crippen LogP contribution in [-0.2, 0) is 27.7 Å². The Bertz CT molecular complexity index is 554. The number of ether oxygens (including phenoxy) is 1. The first-order chi connectivity index (χ1) is 9.48. The van der Waals surface area contributed by atoms with Crippen LogP contribution in [0.15, 0.2) is 17.2 Å². The largest absolute Gasteiger partial charge is 0.384 e. The molecule has 5 nitrogen and oxygen atoms in total. The van der Waals surface area contributed by atoms with Crippen molar-refractivity contribution < 1.29 is 13.2 Å². The number of hydrogen-bond acceptors (Lipinski definition) is 3. The summed E-state index contributed by atoms with van der Waals surface area (Å²) in [5.74, 6) is 0.581. The molecule has 2 rings (SSSR count). The number of aromatic nitrogens is 1. The molecule has 0 aliphatic carbocycles. The van der Waals surface area contributed by atoms with Gasteiger partial charge in [-0.05, 0) is 24.8 Å². The molecule has 1 saturated heterocycles. The number of rotatable bonds is 5. The topological polar surface area (TPSA) is 51.5 Å². The average Bonchev–Trinajstić information content (AvgIpc) is 2.81. The fraction of sp³-hybridized carbons (Fsp3) is 0.692. The Hall–Kier alpha value is -0.560. The Morgan fingerprint density at radius 1 is 1.50 bits per heavy atom. The van der Waals surface area contributed by atoms with Gasteiger partial charge in [-0.1, -0.05) is 0 Å². The number of alkyl halides is 1. The van der Waals surface area contributed by atoms with E-state index in [1.165, 1.54) is 0 Å². The molecule has 20 heavy (non-hydrogen) atoms. The lowest BCUT2D eigenvalue weighted by Gasteiger charge is -2.31. The maximum absolute atomic E-state index is 12.6. The van der Waals surface area contributed by atoms with Crippen LogP contribution in [0.5, 0.6) is 0 Å². The van der Waals surface area contributed by atoms with E-state index in [4.69, 9.17) is 16.3 Å². The van der Waals surface area contributed by atoms with Crippen LogP contribution in [0.2, 0.25) is 0 Å². The van der Waals surface area contributed by atoms with Gasteiger partial charge >= 0.3 is 0 Å². The lowest BCUT2D eigenvalue weighted by Crippen LogP contribution is -2.41. The van der Waals surface area contributed by atoms with Gasteiger partial charge in [0.2, 0.25) is 10.0 Å². The van der Waals surface area contributed by atoms with Crippen molar-refractivity contribution in [3.63, 3.8) is 0 Å². The van der Waals surface area contributed by atoms with Crippen molar-refractivity contribution in [3.05, 3.63) is 18.0 Å². The third-order valence-corrected chi connectivity index (χ3v) is 5.85. The van der Waals surface area contributed by atoms with Crippen LogP contribution in [0, 0.1) is 5.92 Å². The van der Waals surface area contributed by atoms with Gasteiger partial charge < -0.3 is 9.30 Å². The van der Waals surface area contributed by atoms with Crippen molar-refractivity contribution in [2.24, 2.45) is 13.0 Å². The molecule has 0 amide bonds. The van der Waals surface area contributed by atoms with Gasteiger partial charge in [0.05, 0.1) is 12.5 Å². The monoisotopic (exact) mass is 320 g/mol. The first-order valence-corrected chi connectivity index (χ1v) is 8.66. The van der Waals surface area contributed by atoms with E-state index >= 15 is 0 Å². The van der Waals surface area contributed by atoms with Crippen molar-refractivity contribution in [3.8, 4) is 0 Å². The standard InChI is InChI=1S/C13H21ClN2O3S/c1-15-9-13(6-12(15)7-14)20(17,18)16-5-3-4-11(8-16)10-19-2/h6,9,11H,3-5,7-8,10H2,1-2H3. The van der Waals surface area contributed by atoms with E-state index in [1.807, 2.05) is 0 Å². The summed E-state index contributed by atoms with van der Waals surface area (Å²) < 4.78 is 33.8. The van der Waals surface area contributed by atoms with Crippen LogP contribution >= 0.6 is 11.6 Å². The lowest BCUT2D eigenvalue weighted by molar-refractivity contribution is 0.118. The maximum Gasteiger partial charge on any atom is 0.244 e. The van der Waals surface area contributed by atoms with Gasteiger partial charge in [0.1, 0.15) is 4.90 Å². The number of halogens is 1. The van der Waals surface area contributed by atoms with Crippen LogP contribution in [0.3, 0.4) is 0 Å². The zero-order chi connectivity index (χ0) is 14.8. The highest BCUT2D eigenvalue weighted by Crippen LogP contribution is 2.25. The molecule has 0 saturated carbocycles. The summed E-state index contributed by atoms with van der Waals surface area (Å²) in [6.45, 7) is 1.71. The molecule has 0 aromatic carbocycles. The Kier molecular flexibility index (Phi) is 5.12. The van der Waals surface area contributed by atoms with E-state index in [2.05, 4.69) is 0 Å².